The molecule has 2 heterocycles. The van der Waals surface area contributed by atoms with E-state index in [9.17, 15) is 0 Å². The Hall–Kier alpha value is -0.850. The fourth-order valence-corrected chi connectivity index (χ4v) is 2.91. The van der Waals surface area contributed by atoms with Crippen LogP contribution in [-0.4, -0.2) is 75.7 Å². The molecule has 6 nitrogen and oxygen atoms in total. The van der Waals surface area contributed by atoms with Gasteiger partial charge in [0.25, 0.3) is 0 Å². The fraction of sp³-hybridized carbons (Fsp3) is 0.938. The van der Waals surface area contributed by atoms with E-state index in [1.165, 1.54) is 0 Å². The number of ether oxygens (including phenoxy) is 3. The minimum atomic E-state index is 0.166. The number of nitrogens with one attached hydrogen (secondary N) is 1. The van der Waals surface area contributed by atoms with Crippen molar-refractivity contribution in [3.05, 3.63) is 0 Å². The second kappa shape index (κ2) is 9.33. The Bertz CT molecular complexity index is 344. The van der Waals surface area contributed by atoms with Crippen LogP contribution in [0, 0.1) is 0 Å². The first-order chi connectivity index (χ1) is 10.7. The van der Waals surface area contributed by atoms with E-state index >= 15 is 0 Å². The topological polar surface area (TPSA) is 55.3 Å². The predicted octanol–water partition coefficient (Wildman–Crippen LogP) is 1.26. The number of nitrogens with zero attached hydrogens (tertiary/aromatic N) is 2. The number of hydrogen-bond donors (Lipinski definition) is 1. The minimum absolute atomic E-state index is 0.166. The third-order valence-electron chi connectivity index (χ3n) is 4.04. The van der Waals surface area contributed by atoms with Gasteiger partial charge in [0, 0.05) is 39.9 Å². The lowest BCUT2D eigenvalue weighted by atomic mass is 10.1. The molecule has 2 atom stereocenters. The largest absolute Gasteiger partial charge is 0.379 e. The van der Waals surface area contributed by atoms with Gasteiger partial charge >= 0.3 is 0 Å². The molecule has 0 spiro atoms. The number of morpholine rings is 1. The molecular weight excluding hydrogens is 282 g/mol. The van der Waals surface area contributed by atoms with Crippen molar-refractivity contribution in [2.45, 2.75) is 51.4 Å². The van der Waals surface area contributed by atoms with Crippen molar-refractivity contribution in [2.75, 3.05) is 46.5 Å². The smallest absolute Gasteiger partial charge is 0.193 e. The third-order valence-corrected chi connectivity index (χ3v) is 4.04. The Labute approximate surface area is 134 Å². The Kier molecular flexibility index (Phi) is 7.42. The van der Waals surface area contributed by atoms with Crippen molar-refractivity contribution >= 4 is 5.96 Å². The molecule has 22 heavy (non-hydrogen) atoms. The van der Waals surface area contributed by atoms with Gasteiger partial charge in [-0.2, -0.15) is 0 Å². The molecule has 2 rings (SSSR count). The van der Waals surface area contributed by atoms with Crippen molar-refractivity contribution in [2.24, 2.45) is 4.99 Å². The van der Waals surface area contributed by atoms with E-state index < -0.39 is 0 Å². The van der Waals surface area contributed by atoms with Gasteiger partial charge in [0.1, 0.15) is 6.10 Å². The van der Waals surface area contributed by atoms with Gasteiger partial charge in [0.15, 0.2) is 5.96 Å². The highest BCUT2D eigenvalue weighted by molar-refractivity contribution is 5.80. The van der Waals surface area contributed by atoms with Crippen LogP contribution in [0.5, 0.6) is 0 Å². The van der Waals surface area contributed by atoms with Crippen LogP contribution in [0.1, 0.15) is 33.1 Å². The van der Waals surface area contributed by atoms with Crippen LogP contribution in [-0.2, 0) is 14.2 Å². The zero-order chi connectivity index (χ0) is 15.8. The molecule has 0 bridgehead atoms. The van der Waals surface area contributed by atoms with Gasteiger partial charge in [-0.3, -0.25) is 4.99 Å². The Morgan fingerprint density at radius 1 is 1.32 bits per heavy atom. The standard InChI is InChI=1S/C16H31N3O3/c1-13(2)20-10-5-7-18-16(17-3)19-8-11-22-15(12-19)14-6-4-9-21-14/h13-15H,4-12H2,1-3H3,(H,17,18). The summed E-state index contributed by atoms with van der Waals surface area (Å²) in [5, 5.41) is 3.42. The summed E-state index contributed by atoms with van der Waals surface area (Å²) in [7, 11) is 1.84. The van der Waals surface area contributed by atoms with E-state index in [1.807, 2.05) is 7.05 Å². The van der Waals surface area contributed by atoms with Crippen LogP contribution in [0.3, 0.4) is 0 Å². The number of rotatable bonds is 6. The van der Waals surface area contributed by atoms with Crippen LogP contribution < -0.4 is 5.32 Å². The van der Waals surface area contributed by atoms with Gasteiger partial charge in [-0.15, -0.1) is 0 Å². The molecule has 2 aliphatic heterocycles. The maximum absolute atomic E-state index is 5.89. The average Bonchev–Trinajstić information content (AvgIpc) is 3.05. The molecule has 0 aromatic rings. The lowest BCUT2D eigenvalue weighted by Crippen LogP contribution is -2.53. The molecule has 0 saturated carbocycles. The van der Waals surface area contributed by atoms with Gasteiger partial charge in [-0.05, 0) is 33.1 Å². The van der Waals surface area contributed by atoms with Gasteiger partial charge in [-0.25, -0.2) is 0 Å². The van der Waals surface area contributed by atoms with Crippen LogP contribution in [0.2, 0.25) is 0 Å². The zero-order valence-electron chi connectivity index (χ0n) is 14.2. The van der Waals surface area contributed by atoms with Gasteiger partial charge < -0.3 is 24.4 Å². The quantitative estimate of drug-likeness (QED) is 0.454. The molecule has 6 heteroatoms. The number of guanidine groups is 1. The van der Waals surface area contributed by atoms with Gasteiger partial charge in [0.2, 0.25) is 0 Å². The maximum Gasteiger partial charge on any atom is 0.193 e. The molecule has 1 N–H and O–H groups in total. The van der Waals surface area contributed by atoms with Crippen LogP contribution in [0.4, 0.5) is 0 Å². The highest BCUT2D eigenvalue weighted by Crippen LogP contribution is 2.20. The summed E-state index contributed by atoms with van der Waals surface area (Å²) in [4.78, 5) is 6.68. The summed E-state index contributed by atoms with van der Waals surface area (Å²) in [5.41, 5.74) is 0. The van der Waals surface area contributed by atoms with Crippen LogP contribution in [0.25, 0.3) is 0 Å². The number of hydrogen-bond acceptors (Lipinski definition) is 4. The van der Waals surface area contributed by atoms with E-state index in [0.29, 0.717) is 6.10 Å². The second-order valence-corrected chi connectivity index (χ2v) is 6.15. The lowest BCUT2D eigenvalue weighted by Gasteiger charge is -2.37. The Morgan fingerprint density at radius 2 is 2.14 bits per heavy atom. The first-order valence-corrected chi connectivity index (χ1v) is 8.51. The molecular formula is C16H31N3O3. The highest BCUT2D eigenvalue weighted by atomic mass is 16.5. The SMILES string of the molecule is CN=C(NCCCOC(C)C)N1CCOC(C2CCCO2)C1. The Morgan fingerprint density at radius 3 is 2.82 bits per heavy atom. The van der Waals surface area contributed by atoms with E-state index in [0.717, 1.165) is 64.7 Å². The Balaban J connectivity index is 1.72. The molecule has 128 valence electrons. The minimum Gasteiger partial charge on any atom is -0.379 e. The van der Waals surface area contributed by atoms with Crippen molar-refractivity contribution < 1.29 is 14.2 Å². The summed E-state index contributed by atoms with van der Waals surface area (Å²) in [6, 6.07) is 0. The van der Waals surface area contributed by atoms with Crippen LogP contribution >= 0.6 is 0 Å². The molecule has 2 fully saturated rings. The highest BCUT2D eigenvalue weighted by Gasteiger charge is 2.32. The molecule has 2 aliphatic rings. The van der Waals surface area contributed by atoms with Gasteiger partial charge in [-0.1, -0.05) is 0 Å². The number of aliphatic imine (C=N–C) groups is 1. The third kappa shape index (κ3) is 5.41. The monoisotopic (exact) mass is 313 g/mol. The fourth-order valence-electron chi connectivity index (χ4n) is 2.91. The second-order valence-electron chi connectivity index (χ2n) is 6.15. The van der Waals surface area contributed by atoms with E-state index in [4.69, 9.17) is 14.2 Å². The lowest BCUT2D eigenvalue weighted by molar-refractivity contribution is -0.0817. The molecule has 0 aromatic heterocycles. The van der Waals surface area contributed by atoms with Crippen molar-refractivity contribution in [3.8, 4) is 0 Å². The summed E-state index contributed by atoms with van der Waals surface area (Å²) in [5.74, 6) is 0.954. The maximum atomic E-state index is 5.89. The van der Waals surface area contributed by atoms with Gasteiger partial charge in [0.05, 0.1) is 18.8 Å². The van der Waals surface area contributed by atoms with E-state index in [-0.39, 0.29) is 12.2 Å². The molecule has 0 radical (unpaired) electrons. The molecule has 2 unspecified atom stereocenters. The molecule has 0 aromatic carbocycles. The van der Waals surface area contributed by atoms with Crippen LogP contribution in [0.15, 0.2) is 4.99 Å². The molecule has 0 amide bonds. The summed E-state index contributed by atoms with van der Waals surface area (Å²) < 4.78 is 17.2. The molecule has 2 saturated heterocycles. The first-order valence-electron chi connectivity index (χ1n) is 8.51. The zero-order valence-corrected chi connectivity index (χ0v) is 14.2. The summed E-state index contributed by atoms with van der Waals surface area (Å²) in [6.45, 7) is 9.12. The summed E-state index contributed by atoms with van der Waals surface area (Å²) in [6.07, 6.45) is 3.95. The molecule has 0 aliphatic carbocycles. The first kappa shape index (κ1) is 17.5. The van der Waals surface area contributed by atoms with E-state index in [1.54, 1.807) is 0 Å². The van der Waals surface area contributed by atoms with Crippen molar-refractivity contribution in [1.82, 2.24) is 10.2 Å². The normalized spacial score (nSPS) is 26.7. The van der Waals surface area contributed by atoms with Crippen molar-refractivity contribution in [3.63, 3.8) is 0 Å². The average molecular weight is 313 g/mol. The predicted molar refractivity (Wildman–Crippen MR) is 87.4 cm³/mol. The van der Waals surface area contributed by atoms with Crippen molar-refractivity contribution in [1.29, 1.82) is 0 Å². The van der Waals surface area contributed by atoms with E-state index in [2.05, 4.69) is 29.1 Å². The summed E-state index contributed by atoms with van der Waals surface area (Å²) >= 11 is 0.